The zero-order chi connectivity index (χ0) is 13.0. The second-order valence-corrected chi connectivity index (χ2v) is 5.32. The van der Waals surface area contributed by atoms with Crippen LogP contribution >= 0.6 is 11.8 Å². The molecule has 2 rings (SSSR count). The van der Waals surface area contributed by atoms with Crippen molar-refractivity contribution in [3.63, 3.8) is 0 Å². The van der Waals surface area contributed by atoms with Gasteiger partial charge in [-0.1, -0.05) is 42.1 Å². The van der Waals surface area contributed by atoms with Crippen molar-refractivity contribution in [2.24, 2.45) is 0 Å². The summed E-state index contributed by atoms with van der Waals surface area (Å²) >= 11 is 1.29. The molecule has 94 valence electrons. The van der Waals surface area contributed by atoms with Crippen LogP contribution < -0.4 is 5.32 Å². The number of carbonyl (C=O) groups excluding carboxylic acids is 2. The minimum absolute atomic E-state index is 0.0656. The Hall–Kier alpha value is -1.55. The third-order valence-corrected chi connectivity index (χ3v) is 3.79. The third-order valence-electron chi connectivity index (χ3n) is 2.78. The number of hydrogen-bond donors (Lipinski definition) is 1. The third kappa shape index (κ3) is 3.23. The van der Waals surface area contributed by atoms with Crippen molar-refractivity contribution in [2.75, 3.05) is 5.75 Å². The van der Waals surface area contributed by atoms with Crippen LogP contribution in [0.4, 0.5) is 0 Å². The van der Waals surface area contributed by atoms with E-state index in [4.69, 9.17) is 0 Å². The SMILES string of the molecule is C/C(=C\c1ccccc1)C(=O)N[C@@H]1CCSC1=O. The Bertz CT molecular complexity index is 482. The van der Waals surface area contributed by atoms with Crippen LogP contribution in [-0.2, 0) is 9.59 Å². The van der Waals surface area contributed by atoms with Crippen molar-refractivity contribution in [3.8, 4) is 0 Å². The second-order valence-electron chi connectivity index (χ2n) is 4.22. The molecular weight excluding hydrogens is 246 g/mol. The molecule has 0 radical (unpaired) electrons. The first-order valence-electron chi connectivity index (χ1n) is 5.87. The predicted octanol–water partition coefficient (Wildman–Crippen LogP) is 2.24. The van der Waals surface area contributed by atoms with Crippen molar-refractivity contribution < 1.29 is 9.59 Å². The molecule has 1 aliphatic rings. The van der Waals surface area contributed by atoms with Gasteiger partial charge in [0.05, 0.1) is 6.04 Å². The summed E-state index contributed by atoms with van der Waals surface area (Å²) in [7, 11) is 0. The van der Waals surface area contributed by atoms with Crippen LogP contribution in [0.2, 0.25) is 0 Å². The van der Waals surface area contributed by atoms with E-state index in [0.717, 1.165) is 17.7 Å². The first kappa shape index (κ1) is 12.9. The first-order chi connectivity index (χ1) is 8.66. The normalized spacial score (nSPS) is 19.9. The fraction of sp³-hybridized carbons (Fsp3) is 0.286. The fourth-order valence-corrected chi connectivity index (χ4v) is 2.70. The minimum atomic E-state index is -0.318. The van der Waals surface area contributed by atoms with Crippen LogP contribution in [0.15, 0.2) is 35.9 Å². The monoisotopic (exact) mass is 261 g/mol. The summed E-state index contributed by atoms with van der Waals surface area (Å²) in [4.78, 5) is 23.3. The maximum Gasteiger partial charge on any atom is 0.247 e. The Balaban J connectivity index is 2.00. The van der Waals surface area contributed by atoms with E-state index in [9.17, 15) is 9.59 Å². The summed E-state index contributed by atoms with van der Waals surface area (Å²) in [5.74, 6) is 0.630. The van der Waals surface area contributed by atoms with E-state index >= 15 is 0 Å². The molecule has 18 heavy (non-hydrogen) atoms. The highest BCUT2D eigenvalue weighted by atomic mass is 32.2. The molecule has 1 fully saturated rings. The summed E-state index contributed by atoms with van der Waals surface area (Å²) in [6.45, 7) is 1.76. The van der Waals surface area contributed by atoms with Crippen LogP contribution in [0.1, 0.15) is 18.9 Å². The van der Waals surface area contributed by atoms with Crippen LogP contribution in [0.3, 0.4) is 0 Å². The van der Waals surface area contributed by atoms with Gasteiger partial charge >= 0.3 is 0 Å². The van der Waals surface area contributed by atoms with E-state index in [0.29, 0.717) is 5.57 Å². The van der Waals surface area contributed by atoms with Gasteiger partial charge in [0.15, 0.2) is 0 Å². The molecule has 0 aromatic heterocycles. The summed E-state index contributed by atoms with van der Waals surface area (Å²) in [6.07, 6.45) is 2.55. The highest BCUT2D eigenvalue weighted by molar-refractivity contribution is 8.14. The lowest BCUT2D eigenvalue weighted by atomic mass is 10.1. The average molecular weight is 261 g/mol. The van der Waals surface area contributed by atoms with Crippen molar-refractivity contribution in [1.82, 2.24) is 5.32 Å². The molecule has 1 saturated heterocycles. The van der Waals surface area contributed by atoms with Gasteiger partial charge in [0.25, 0.3) is 0 Å². The van der Waals surface area contributed by atoms with Crippen LogP contribution in [-0.4, -0.2) is 22.8 Å². The van der Waals surface area contributed by atoms with Gasteiger partial charge in [-0.25, -0.2) is 0 Å². The maximum absolute atomic E-state index is 11.9. The highest BCUT2D eigenvalue weighted by Crippen LogP contribution is 2.19. The minimum Gasteiger partial charge on any atom is -0.342 e. The molecule has 0 saturated carbocycles. The Morgan fingerprint density at radius 2 is 2.11 bits per heavy atom. The van der Waals surface area contributed by atoms with Crippen molar-refractivity contribution in [1.29, 1.82) is 0 Å². The lowest BCUT2D eigenvalue weighted by Gasteiger charge is -2.10. The molecule has 3 nitrogen and oxygen atoms in total. The number of thioether (sulfide) groups is 1. The molecule has 0 spiro atoms. The van der Waals surface area contributed by atoms with E-state index in [1.165, 1.54) is 11.8 Å². The van der Waals surface area contributed by atoms with Crippen LogP contribution in [0, 0.1) is 0 Å². The Kier molecular flexibility index (Phi) is 4.20. The number of amides is 1. The molecular formula is C14H15NO2S. The summed E-state index contributed by atoms with van der Waals surface area (Å²) in [6, 6.07) is 9.34. The Morgan fingerprint density at radius 1 is 1.39 bits per heavy atom. The van der Waals surface area contributed by atoms with Gasteiger partial charge in [-0.3, -0.25) is 9.59 Å². The summed E-state index contributed by atoms with van der Waals surface area (Å²) in [5.41, 5.74) is 1.60. The van der Waals surface area contributed by atoms with Gasteiger partial charge < -0.3 is 5.32 Å². The van der Waals surface area contributed by atoms with E-state index < -0.39 is 0 Å². The highest BCUT2D eigenvalue weighted by Gasteiger charge is 2.26. The zero-order valence-electron chi connectivity index (χ0n) is 10.2. The molecule has 1 aliphatic heterocycles. The molecule has 0 aliphatic carbocycles. The van der Waals surface area contributed by atoms with E-state index in [1.807, 2.05) is 36.4 Å². The lowest BCUT2D eigenvalue weighted by molar-refractivity contribution is -0.121. The second kappa shape index (κ2) is 5.87. The molecule has 1 aromatic carbocycles. The van der Waals surface area contributed by atoms with Gasteiger partial charge in [0.2, 0.25) is 11.0 Å². The number of benzene rings is 1. The van der Waals surface area contributed by atoms with E-state index in [2.05, 4.69) is 5.32 Å². The standard InChI is InChI=1S/C14H15NO2S/c1-10(9-11-5-3-2-4-6-11)13(16)15-12-7-8-18-14(12)17/h2-6,9,12H,7-8H2,1H3,(H,15,16)/b10-9+/t12-/m1/s1. The molecule has 1 heterocycles. The Labute approximate surface area is 111 Å². The van der Waals surface area contributed by atoms with Crippen LogP contribution in [0.5, 0.6) is 0 Å². The van der Waals surface area contributed by atoms with Gasteiger partial charge in [-0.2, -0.15) is 0 Å². The number of rotatable bonds is 3. The van der Waals surface area contributed by atoms with Crippen molar-refractivity contribution >= 4 is 28.9 Å². The fourth-order valence-electron chi connectivity index (χ4n) is 1.76. The first-order valence-corrected chi connectivity index (χ1v) is 6.86. The molecule has 1 atom stereocenters. The number of nitrogens with one attached hydrogen (secondary N) is 1. The quantitative estimate of drug-likeness (QED) is 0.849. The average Bonchev–Trinajstić information content (AvgIpc) is 2.76. The zero-order valence-corrected chi connectivity index (χ0v) is 11.0. The van der Waals surface area contributed by atoms with Crippen molar-refractivity contribution in [3.05, 3.63) is 41.5 Å². The van der Waals surface area contributed by atoms with Gasteiger partial charge in [0, 0.05) is 11.3 Å². The van der Waals surface area contributed by atoms with Crippen LogP contribution in [0.25, 0.3) is 6.08 Å². The smallest absolute Gasteiger partial charge is 0.247 e. The predicted molar refractivity (Wildman–Crippen MR) is 74.1 cm³/mol. The summed E-state index contributed by atoms with van der Waals surface area (Å²) < 4.78 is 0. The topological polar surface area (TPSA) is 46.2 Å². The van der Waals surface area contributed by atoms with Gasteiger partial charge in [-0.15, -0.1) is 0 Å². The largest absolute Gasteiger partial charge is 0.342 e. The van der Waals surface area contributed by atoms with Gasteiger partial charge in [-0.05, 0) is 25.0 Å². The molecule has 0 unspecified atom stereocenters. The molecule has 1 aromatic rings. The molecule has 4 heteroatoms. The Morgan fingerprint density at radius 3 is 2.72 bits per heavy atom. The van der Waals surface area contributed by atoms with Crippen molar-refractivity contribution in [2.45, 2.75) is 19.4 Å². The number of hydrogen-bond acceptors (Lipinski definition) is 3. The maximum atomic E-state index is 11.9. The lowest BCUT2D eigenvalue weighted by Crippen LogP contribution is -2.37. The van der Waals surface area contributed by atoms with E-state index in [-0.39, 0.29) is 17.1 Å². The number of carbonyl (C=O) groups is 2. The van der Waals surface area contributed by atoms with E-state index in [1.54, 1.807) is 6.92 Å². The molecule has 0 bridgehead atoms. The van der Waals surface area contributed by atoms with Gasteiger partial charge in [0.1, 0.15) is 0 Å². The summed E-state index contributed by atoms with van der Waals surface area (Å²) in [5, 5.41) is 2.84. The molecule has 1 amide bonds. The molecule has 1 N–H and O–H groups in total.